The van der Waals surface area contributed by atoms with E-state index in [9.17, 15) is 5.11 Å². The van der Waals surface area contributed by atoms with E-state index in [0.717, 1.165) is 90.9 Å². The molecular weight excluding hydrogens is 374 g/mol. The standard InChI is InChI=1S/C26H31NO3/c1-18-25(19-8-4-3-5-9-19)21-15-22(29-2)20(14-23(21)30-18)16-27-13-7-12-26(17-27)11-6-10-24(26)28/h3-5,8-9,14-15,24,28H,6-7,10-13,16-17H2,1-2H3/t24-,26-/m1/s1. The van der Waals surface area contributed by atoms with Crippen molar-refractivity contribution in [2.45, 2.75) is 51.7 Å². The zero-order chi connectivity index (χ0) is 20.7. The third-order valence-electron chi connectivity index (χ3n) is 7.27. The second-order valence-corrected chi connectivity index (χ2v) is 9.14. The summed E-state index contributed by atoms with van der Waals surface area (Å²) in [6, 6.07) is 14.7. The number of piperidine rings is 1. The van der Waals surface area contributed by atoms with Gasteiger partial charge in [0.2, 0.25) is 0 Å². The van der Waals surface area contributed by atoms with Crippen molar-refractivity contribution in [2.24, 2.45) is 5.41 Å². The maximum Gasteiger partial charge on any atom is 0.135 e. The summed E-state index contributed by atoms with van der Waals surface area (Å²) in [5, 5.41) is 11.7. The zero-order valence-corrected chi connectivity index (χ0v) is 18.0. The number of aliphatic hydroxyl groups excluding tert-OH is 1. The van der Waals surface area contributed by atoms with Gasteiger partial charge in [0.05, 0.1) is 13.2 Å². The quantitative estimate of drug-likeness (QED) is 0.619. The lowest BCUT2D eigenvalue weighted by Gasteiger charge is -2.42. The van der Waals surface area contributed by atoms with Gasteiger partial charge in [-0.1, -0.05) is 36.8 Å². The molecule has 4 nitrogen and oxygen atoms in total. The summed E-state index contributed by atoms with van der Waals surface area (Å²) in [7, 11) is 1.75. The molecule has 2 aliphatic rings. The first-order chi connectivity index (χ1) is 14.6. The molecule has 2 atom stereocenters. The van der Waals surface area contributed by atoms with Gasteiger partial charge in [0.1, 0.15) is 17.1 Å². The van der Waals surface area contributed by atoms with Gasteiger partial charge in [-0.15, -0.1) is 0 Å². The first kappa shape index (κ1) is 19.7. The maximum atomic E-state index is 10.6. The van der Waals surface area contributed by atoms with E-state index in [1.165, 1.54) is 0 Å². The molecule has 1 aliphatic heterocycles. The molecule has 0 unspecified atom stereocenters. The Labute approximate surface area is 178 Å². The summed E-state index contributed by atoms with van der Waals surface area (Å²) < 4.78 is 12.0. The maximum absolute atomic E-state index is 10.6. The fourth-order valence-electron chi connectivity index (χ4n) is 5.79. The Morgan fingerprint density at radius 1 is 1.17 bits per heavy atom. The van der Waals surface area contributed by atoms with Crippen LogP contribution in [-0.2, 0) is 6.54 Å². The number of benzene rings is 2. The van der Waals surface area contributed by atoms with Crippen molar-refractivity contribution in [2.75, 3.05) is 20.2 Å². The van der Waals surface area contributed by atoms with E-state index in [-0.39, 0.29) is 11.5 Å². The molecule has 1 spiro atoms. The number of hydrogen-bond donors (Lipinski definition) is 1. The van der Waals surface area contributed by atoms with Crippen LogP contribution in [0.3, 0.4) is 0 Å². The number of hydrogen-bond acceptors (Lipinski definition) is 4. The molecule has 3 aromatic rings. The molecule has 1 N–H and O–H groups in total. The lowest BCUT2D eigenvalue weighted by molar-refractivity contribution is -0.0121. The van der Waals surface area contributed by atoms with Gasteiger partial charge in [-0.25, -0.2) is 0 Å². The SMILES string of the molecule is COc1cc2c(-c3ccccc3)c(C)oc2cc1CN1CCC[C@]2(CCC[C@H]2O)C1. The highest BCUT2D eigenvalue weighted by Crippen LogP contribution is 2.46. The predicted octanol–water partition coefficient (Wildman–Crippen LogP) is 5.54. The number of aliphatic hydroxyl groups is 1. The Morgan fingerprint density at radius 3 is 2.70 bits per heavy atom. The Hall–Kier alpha value is -2.30. The normalized spacial score (nSPS) is 24.7. The molecule has 30 heavy (non-hydrogen) atoms. The van der Waals surface area contributed by atoms with Crippen molar-refractivity contribution >= 4 is 11.0 Å². The van der Waals surface area contributed by atoms with Crippen LogP contribution in [0.4, 0.5) is 0 Å². The highest BCUT2D eigenvalue weighted by Gasteiger charge is 2.44. The third kappa shape index (κ3) is 3.32. The number of furan rings is 1. The fourth-order valence-corrected chi connectivity index (χ4v) is 5.79. The lowest BCUT2D eigenvalue weighted by atomic mass is 9.76. The molecule has 0 radical (unpaired) electrons. The molecule has 0 amide bonds. The topological polar surface area (TPSA) is 45.8 Å². The van der Waals surface area contributed by atoms with Crippen LogP contribution in [0.5, 0.6) is 5.75 Å². The van der Waals surface area contributed by atoms with Crippen LogP contribution >= 0.6 is 0 Å². The lowest BCUT2D eigenvalue weighted by Crippen LogP contribution is -2.46. The van der Waals surface area contributed by atoms with Crippen LogP contribution in [0.2, 0.25) is 0 Å². The molecule has 2 heterocycles. The van der Waals surface area contributed by atoms with Crippen LogP contribution in [0.15, 0.2) is 46.9 Å². The third-order valence-corrected chi connectivity index (χ3v) is 7.27. The van der Waals surface area contributed by atoms with Crippen molar-refractivity contribution in [1.82, 2.24) is 4.90 Å². The molecule has 1 saturated heterocycles. The summed E-state index contributed by atoms with van der Waals surface area (Å²) in [4.78, 5) is 2.50. The van der Waals surface area contributed by atoms with Crippen LogP contribution in [0.1, 0.15) is 43.4 Å². The van der Waals surface area contributed by atoms with Gasteiger partial charge in [-0.3, -0.25) is 4.90 Å². The highest BCUT2D eigenvalue weighted by atomic mass is 16.5. The minimum absolute atomic E-state index is 0.0946. The van der Waals surface area contributed by atoms with Gasteiger partial charge in [0, 0.05) is 35.0 Å². The average Bonchev–Trinajstić information content (AvgIpc) is 3.26. The molecule has 1 saturated carbocycles. The van der Waals surface area contributed by atoms with E-state index < -0.39 is 0 Å². The minimum atomic E-state index is -0.147. The summed E-state index contributed by atoms with van der Waals surface area (Å²) >= 11 is 0. The number of aryl methyl sites for hydroxylation is 1. The second-order valence-electron chi connectivity index (χ2n) is 9.14. The molecule has 158 valence electrons. The monoisotopic (exact) mass is 405 g/mol. The summed E-state index contributed by atoms with van der Waals surface area (Å²) in [6.45, 7) is 4.91. The Kier molecular flexibility index (Phi) is 5.08. The van der Waals surface area contributed by atoms with Crippen molar-refractivity contribution < 1.29 is 14.3 Å². The first-order valence-corrected chi connectivity index (χ1v) is 11.2. The van der Waals surface area contributed by atoms with Crippen molar-refractivity contribution in [1.29, 1.82) is 0 Å². The molecule has 2 aromatic carbocycles. The summed E-state index contributed by atoms with van der Waals surface area (Å²) in [5.41, 5.74) is 4.47. The van der Waals surface area contributed by atoms with Gasteiger partial charge in [-0.2, -0.15) is 0 Å². The number of ether oxygens (including phenoxy) is 1. The van der Waals surface area contributed by atoms with E-state index in [4.69, 9.17) is 9.15 Å². The van der Waals surface area contributed by atoms with Gasteiger partial charge in [-0.05, 0) is 56.8 Å². The smallest absolute Gasteiger partial charge is 0.135 e. The Morgan fingerprint density at radius 2 is 1.97 bits per heavy atom. The highest BCUT2D eigenvalue weighted by molar-refractivity contribution is 5.97. The number of methoxy groups -OCH3 is 1. The van der Waals surface area contributed by atoms with E-state index >= 15 is 0 Å². The van der Waals surface area contributed by atoms with E-state index in [1.54, 1.807) is 7.11 Å². The van der Waals surface area contributed by atoms with Crippen LogP contribution in [-0.4, -0.2) is 36.3 Å². The van der Waals surface area contributed by atoms with Crippen molar-refractivity contribution in [3.05, 3.63) is 53.8 Å². The van der Waals surface area contributed by atoms with E-state index in [0.29, 0.717) is 0 Å². The molecule has 5 rings (SSSR count). The summed E-state index contributed by atoms with van der Waals surface area (Å²) in [6.07, 6.45) is 5.41. The van der Waals surface area contributed by atoms with Crippen molar-refractivity contribution in [3.63, 3.8) is 0 Å². The Balaban J connectivity index is 1.48. The molecule has 2 fully saturated rings. The number of fused-ring (bicyclic) bond motifs is 1. The first-order valence-electron chi connectivity index (χ1n) is 11.2. The number of nitrogens with zero attached hydrogens (tertiary/aromatic N) is 1. The largest absolute Gasteiger partial charge is 0.496 e. The van der Waals surface area contributed by atoms with Gasteiger partial charge >= 0.3 is 0 Å². The second kappa shape index (κ2) is 7.75. The predicted molar refractivity (Wildman–Crippen MR) is 120 cm³/mol. The van der Waals surface area contributed by atoms with Gasteiger partial charge in [0.25, 0.3) is 0 Å². The van der Waals surface area contributed by atoms with E-state index in [2.05, 4.69) is 41.3 Å². The van der Waals surface area contributed by atoms with E-state index in [1.807, 2.05) is 13.0 Å². The molecule has 4 heteroatoms. The Bertz CT molecular complexity index is 1040. The van der Waals surface area contributed by atoms with Gasteiger partial charge < -0.3 is 14.3 Å². The fraction of sp³-hybridized carbons (Fsp3) is 0.462. The minimum Gasteiger partial charge on any atom is -0.496 e. The van der Waals surface area contributed by atoms with Crippen molar-refractivity contribution in [3.8, 4) is 16.9 Å². The average molecular weight is 406 g/mol. The van der Waals surface area contributed by atoms with Crippen LogP contribution in [0.25, 0.3) is 22.1 Å². The molecule has 1 aromatic heterocycles. The zero-order valence-electron chi connectivity index (χ0n) is 18.0. The molecule has 0 bridgehead atoms. The van der Waals surface area contributed by atoms with Crippen LogP contribution in [0, 0.1) is 12.3 Å². The van der Waals surface area contributed by atoms with Crippen LogP contribution < -0.4 is 4.74 Å². The number of likely N-dealkylation sites (tertiary alicyclic amines) is 1. The van der Waals surface area contributed by atoms with Gasteiger partial charge in [0.15, 0.2) is 0 Å². The molecule has 1 aliphatic carbocycles. The molecular formula is C26H31NO3. The number of rotatable bonds is 4. The summed E-state index contributed by atoms with van der Waals surface area (Å²) in [5.74, 6) is 1.84.